The second-order valence-electron chi connectivity index (χ2n) is 5.33. The van der Waals surface area contributed by atoms with E-state index in [1.54, 1.807) is 0 Å². The van der Waals surface area contributed by atoms with E-state index in [9.17, 15) is 9.59 Å². The van der Waals surface area contributed by atoms with Crippen molar-refractivity contribution < 1.29 is 19.4 Å². The van der Waals surface area contributed by atoms with Crippen molar-refractivity contribution >= 4 is 28.0 Å². The summed E-state index contributed by atoms with van der Waals surface area (Å²) in [6, 6.07) is 16.3. The molecule has 0 unspecified atom stereocenters. The minimum absolute atomic E-state index is 0.144. The highest BCUT2D eigenvalue weighted by Crippen LogP contribution is 2.13. The van der Waals surface area contributed by atoms with Crippen LogP contribution in [0.25, 0.3) is 0 Å². The zero-order valence-electron chi connectivity index (χ0n) is 12.9. The van der Waals surface area contributed by atoms with Crippen molar-refractivity contribution in [2.24, 2.45) is 0 Å². The molecule has 0 aliphatic heterocycles. The highest BCUT2D eigenvalue weighted by atomic mass is 79.9. The SMILES string of the molecule is O=C(O)C[C@H](Cc1ccc(Br)cc1)NC(=O)OCc1ccccc1. The molecule has 0 saturated carbocycles. The Morgan fingerprint density at radius 1 is 1.04 bits per heavy atom. The average Bonchev–Trinajstić information content (AvgIpc) is 2.55. The van der Waals surface area contributed by atoms with Gasteiger partial charge in [0.1, 0.15) is 6.61 Å². The van der Waals surface area contributed by atoms with Crippen molar-refractivity contribution in [3.63, 3.8) is 0 Å². The number of amides is 1. The van der Waals surface area contributed by atoms with Gasteiger partial charge in [-0.25, -0.2) is 4.79 Å². The van der Waals surface area contributed by atoms with Crippen molar-refractivity contribution in [2.75, 3.05) is 0 Å². The van der Waals surface area contributed by atoms with Crippen LogP contribution in [0.2, 0.25) is 0 Å². The molecule has 6 heteroatoms. The molecule has 2 rings (SSSR count). The monoisotopic (exact) mass is 391 g/mol. The number of carbonyl (C=O) groups is 2. The first-order chi connectivity index (χ1) is 11.5. The predicted molar refractivity (Wildman–Crippen MR) is 93.6 cm³/mol. The molecule has 2 aromatic rings. The van der Waals surface area contributed by atoms with E-state index in [0.29, 0.717) is 6.42 Å². The molecule has 0 radical (unpaired) electrons. The van der Waals surface area contributed by atoms with Crippen LogP contribution in [0.4, 0.5) is 4.79 Å². The normalized spacial score (nSPS) is 11.5. The molecule has 0 saturated heterocycles. The second kappa shape index (κ2) is 9.08. The van der Waals surface area contributed by atoms with E-state index in [2.05, 4.69) is 21.2 Å². The van der Waals surface area contributed by atoms with Gasteiger partial charge in [-0.1, -0.05) is 58.4 Å². The van der Waals surface area contributed by atoms with Gasteiger partial charge < -0.3 is 15.2 Å². The van der Waals surface area contributed by atoms with E-state index in [1.165, 1.54) is 0 Å². The number of carboxylic acid groups (broad SMARTS) is 1. The van der Waals surface area contributed by atoms with Gasteiger partial charge in [-0.05, 0) is 29.7 Å². The highest BCUT2D eigenvalue weighted by molar-refractivity contribution is 9.10. The summed E-state index contributed by atoms with van der Waals surface area (Å²) >= 11 is 3.35. The number of benzene rings is 2. The van der Waals surface area contributed by atoms with Crippen LogP contribution in [0, 0.1) is 0 Å². The van der Waals surface area contributed by atoms with Crippen LogP contribution in [-0.2, 0) is 22.6 Å². The van der Waals surface area contributed by atoms with Crippen LogP contribution in [0.5, 0.6) is 0 Å². The topological polar surface area (TPSA) is 75.6 Å². The summed E-state index contributed by atoms with van der Waals surface area (Å²) in [6.07, 6.45) is -0.376. The lowest BCUT2D eigenvalue weighted by Crippen LogP contribution is -2.38. The van der Waals surface area contributed by atoms with Crippen molar-refractivity contribution in [1.29, 1.82) is 0 Å². The first-order valence-electron chi connectivity index (χ1n) is 7.46. The second-order valence-corrected chi connectivity index (χ2v) is 6.25. The molecular formula is C18H18BrNO4. The standard InChI is InChI=1S/C18H18BrNO4/c19-15-8-6-13(7-9-15)10-16(11-17(21)22)20-18(23)24-12-14-4-2-1-3-5-14/h1-9,16H,10-12H2,(H,20,23)(H,21,22)/t16-/m0/s1. The van der Waals surface area contributed by atoms with E-state index < -0.39 is 18.1 Å². The lowest BCUT2D eigenvalue weighted by molar-refractivity contribution is -0.137. The third kappa shape index (κ3) is 6.42. The van der Waals surface area contributed by atoms with Gasteiger partial charge in [0, 0.05) is 10.5 Å². The molecule has 1 atom stereocenters. The number of halogens is 1. The molecule has 0 heterocycles. The summed E-state index contributed by atoms with van der Waals surface area (Å²) in [5.74, 6) is -0.972. The van der Waals surface area contributed by atoms with E-state index in [0.717, 1.165) is 15.6 Å². The molecule has 126 valence electrons. The highest BCUT2D eigenvalue weighted by Gasteiger charge is 2.17. The lowest BCUT2D eigenvalue weighted by Gasteiger charge is -2.17. The van der Waals surface area contributed by atoms with Gasteiger partial charge in [0.25, 0.3) is 0 Å². The number of carboxylic acids is 1. The number of alkyl carbamates (subject to hydrolysis) is 1. The van der Waals surface area contributed by atoms with Crippen molar-refractivity contribution in [2.45, 2.75) is 25.5 Å². The smallest absolute Gasteiger partial charge is 0.407 e. The zero-order chi connectivity index (χ0) is 17.4. The molecule has 0 aliphatic carbocycles. The first kappa shape index (κ1) is 18.0. The first-order valence-corrected chi connectivity index (χ1v) is 8.25. The molecule has 5 nitrogen and oxygen atoms in total. The molecule has 0 spiro atoms. The Bertz CT molecular complexity index is 673. The molecule has 2 N–H and O–H groups in total. The van der Waals surface area contributed by atoms with Gasteiger partial charge >= 0.3 is 12.1 Å². The zero-order valence-corrected chi connectivity index (χ0v) is 14.5. The number of aliphatic carboxylic acids is 1. The maximum atomic E-state index is 11.9. The van der Waals surface area contributed by atoms with Gasteiger partial charge in [-0.15, -0.1) is 0 Å². The van der Waals surface area contributed by atoms with Crippen LogP contribution in [-0.4, -0.2) is 23.2 Å². The summed E-state index contributed by atoms with van der Waals surface area (Å²) in [7, 11) is 0. The number of nitrogens with one attached hydrogen (secondary N) is 1. The molecule has 0 bridgehead atoms. The molecule has 0 fully saturated rings. The Morgan fingerprint density at radius 2 is 1.71 bits per heavy atom. The van der Waals surface area contributed by atoms with Crippen molar-refractivity contribution in [3.05, 3.63) is 70.2 Å². The number of hydrogen-bond donors (Lipinski definition) is 2. The fourth-order valence-corrected chi connectivity index (χ4v) is 2.49. The quantitative estimate of drug-likeness (QED) is 0.753. The summed E-state index contributed by atoms with van der Waals surface area (Å²) in [5, 5.41) is 11.7. The Labute approximate surface area is 148 Å². The van der Waals surface area contributed by atoms with Crippen LogP contribution in [0.1, 0.15) is 17.5 Å². The van der Waals surface area contributed by atoms with Gasteiger partial charge in [0.2, 0.25) is 0 Å². The number of carbonyl (C=O) groups excluding carboxylic acids is 1. The van der Waals surface area contributed by atoms with E-state index >= 15 is 0 Å². The number of hydrogen-bond acceptors (Lipinski definition) is 3. The van der Waals surface area contributed by atoms with Crippen LogP contribution in [0.15, 0.2) is 59.1 Å². The predicted octanol–water partition coefficient (Wildman–Crippen LogP) is 3.76. The molecule has 2 aromatic carbocycles. The minimum atomic E-state index is -0.972. The van der Waals surface area contributed by atoms with Gasteiger partial charge in [0.05, 0.1) is 6.42 Å². The Kier molecular flexibility index (Phi) is 6.81. The van der Waals surface area contributed by atoms with Crippen molar-refractivity contribution in [1.82, 2.24) is 5.32 Å². The maximum Gasteiger partial charge on any atom is 0.407 e. The molecule has 24 heavy (non-hydrogen) atoms. The summed E-state index contributed by atoms with van der Waals surface area (Å²) < 4.78 is 6.09. The molecule has 0 aliphatic rings. The Hall–Kier alpha value is -2.34. The lowest BCUT2D eigenvalue weighted by atomic mass is 10.0. The number of ether oxygens (including phenoxy) is 1. The van der Waals surface area contributed by atoms with E-state index in [4.69, 9.17) is 9.84 Å². The number of rotatable bonds is 7. The molecular weight excluding hydrogens is 374 g/mol. The summed E-state index contributed by atoms with van der Waals surface area (Å²) in [4.78, 5) is 22.9. The average molecular weight is 392 g/mol. The molecule has 0 aromatic heterocycles. The van der Waals surface area contributed by atoms with Crippen LogP contribution in [0.3, 0.4) is 0 Å². The van der Waals surface area contributed by atoms with Gasteiger partial charge in [-0.2, -0.15) is 0 Å². The van der Waals surface area contributed by atoms with Gasteiger partial charge in [-0.3, -0.25) is 4.79 Å². The largest absolute Gasteiger partial charge is 0.481 e. The van der Waals surface area contributed by atoms with Crippen LogP contribution >= 0.6 is 15.9 Å². The third-order valence-corrected chi connectivity index (χ3v) is 3.88. The minimum Gasteiger partial charge on any atom is -0.481 e. The van der Waals surface area contributed by atoms with Crippen molar-refractivity contribution in [3.8, 4) is 0 Å². The Balaban J connectivity index is 1.91. The fraction of sp³-hybridized carbons (Fsp3) is 0.222. The fourth-order valence-electron chi connectivity index (χ4n) is 2.22. The van der Waals surface area contributed by atoms with E-state index in [-0.39, 0.29) is 13.0 Å². The van der Waals surface area contributed by atoms with Crippen LogP contribution < -0.4 is 5.32 Å². The summed E-state index contributed by atoms with van der Waals surface area (Å²) in [6.45, 7) is 0.144. The third-order valence-electron chi connectivity index (χ3n) is 3.35. The Morgan fingerprint density at radius 3 is 2.33 bits per heavy atom. The molecule has 1 amide bonds. The summed E-state index contributed by atoms with van der Waals surface area (Å²) in [5.41, 5.74) is 1.81. The van der Waals surface area contributed by atoms with Gasteiger partial charge in [0.15, 0.2) is 0 Å². The maximum absolute atomic E-state index is 11.9. The van der Waals surface area contributed by atoms with E-state index in [1.807, 2.05) is 54.6 Å².